The number of hydrogen-bond donors (Lipinski definition) is 1. The van der Waals surface area contributed by atoms with E-state index in [0.29, 0.717) is 12.0 Å². The van der Waals surface area contributed by atoms with E-state index < -0.39 is 0 Å². The molecule has 108 valence electrons. The van der Waals surface area contributed by atoms with E-state index >= 15 is 0 Å². The normalized spacial score (nSPS) is 21.4. The van der Waals surface area contributed by atoms with Crippen molar-refractivity contribution in [1.29, 1.82) is 0 Å². The lowest BCUT2D eigenvalue weighted by Gasteiger charge is -2.26. The van der Waals surface area contributed by atoms with Gasteiger partial charge in [0.05, 0.1) is 16.8 Å². The Labute approximate surface area is 125 Å². The van der Waals surface area contributed by atoms with Crippen LogP contribution in [0.4, 0.5) is 0 Å². The quantitative estimate of drug-likeness (QED) is 0.941. The van der Waals surface area contributed by atoms with E-state index in [1.807, 2.05) is 11.3 Å². The Hall–Kier alpha value is -0.970. The van der Waals surface area contributed by atoms with Gasteiger partial charge in [-0.05, 0) is 37.6 Å². The molecule has 2 aromatic rings. The first-order chi connectivity index (χ1) is 9.72. The molecular weight excluding hydrogens is 266 g/mol. The van der Waals surface area contributed by atoms with Crippen LogP contribution < -0.4 is 5.32 Å². The Balaban J connectivity index is 1.72. The van der Waals surface area contributed by atoms with E-state index in [-0.39, 0.29) is 0 Å². The fourth-order valence-corrected chi connectivity index (χ4v) is 3.80. The molecule has 0 radical (unpaired) electrons. The van der Waals surface area contributed by atoms with Gasteiger partial charge in [-0.3, -0.25) is 4.90 Å². The number of rotatable bonds is 3. The van der Waals surface area contributed by atoms with Crippen molar-refractivity contribution in [3.8, 4) is 0 Å². The van der Waals surface area contributed by atoms with Crippen molar-refractivity contribution in [1.82, 2.24) is 15.2 Å². The van der Waals surface area contributed by atoms with Crippen molar-refractivity contribution in [3.05, 3.63) is 29.3 Å². The maximum atomic E-state index is 4.76. The molecule has 1 aliphatic heterocycles. The number of nitrogens with zero attached hydrogens (tertiary/aromatic N) is 2. The predicted octanol–water partition coefficient (Wildman–Crippen LogP) is 3.12. The van der Waals surface area contributed by atoms with Crippen LogP contribution in [0.5, 0.6) is 0 Å². The highest BCUT2D eigenvalue weighted by atomic mass is 32.1. The fourth-order valence-electron chi connectivity index (χ4n) is 2.79. The summed E-state index contributed by atoms with van der Waals surface area (Å²) in [6.45, 7) is 9.04. The Morgan fingerprint density at radius 2 is 2.25 bits per heavy atom. The van der Waals surface area contributed by atoms with E-state index in [2.05, 4.69) is 48.3 Å². The maximum Gasteiger partial charge on any atom is 0.108 e. The van der Waals surface area contributed by atoms with E-state index in [0.717, 1.165) is 25.2 Å². The monoisotopic (exact) mass is 289 g/mol. The van der Waals surface area contributed by atoms with Crippen LogP contribution in [0, 0.1) is 5.92 Å². The van der Waals surface area contributed by atoms with Crippen molar-refractivity contribution in [2.75, 3.05) is 19.6 Å². The number of fused-ring (bicyclic) bond motifs is 1. The van der Waals surface area contributed by atoms with Crippen LogP contribution in [0.3, 0.4) is 0 Å². The Bertz CT molecular complexity index is 531. The first kappa shape index (κ1) is 14.0. The standard InChI is InChI=1S/C16H23N3S/c1-12(2)14-10-19(9-5-8-17-14)11-16-18-13-6-3-4-7-15(13)20-16/h3-4,6-7,12,14,17H,5,8-11H2,1-2H3. The molecule has 1 aromatic carbocycles. The zero-order chi connectivity index (χ0) is 13.9. The van der Waals surface area contributed by atoms with Gasteiger partial charge in [0.2, 0.25) is 0 Å². The minimum atomic E-state index is 0.604. The van der Waals surface area contributed by atoms with Gasteiger partial charge < -0.3 is 5.32 Å². The number of benzene rings is 1. The minimum Gasteiger partial charge on any atom is -0.312 e. The molecule has 1 atom stereocenters. The van der Waals surface area contributed by atoms with Gasteiger partial charge in [-0.25, -0.2) is 4.98 Å². The SMILES string of the molecule is CC(C)C1CN(Cc2nc3ccccc3s2)CCCN1. The summed E-state index contributed by atoms with van der Waals surface area (Å²) in [5, 5.41) is 4.91. The third-order valence-corrected chi connectivity index (χ3v) is 5.04. The Morgan fingerprint density at radius 3 is 3.05 bits per heavy atom. The summed E-state index contributed by atoms with van der Waals surface area (Å²) in [6, 6.07) is 9.03. The lowest BCUT2D eigenvalue weighted by atomic mass is 10.0. The van der Waals surface area contributed by atoms with Gasteiger partial charge in [0.15, 0.2) is 0 Å². The third kappa shape index (κ3) is 3.19. The van der Waals surface area contributed by atoms with E-state index in [1.165, 1.54) is 22.7 Å². The van der Waals surface area contributed by atoms with Gasteiger partial charge in [-0.1, -0.05) is 26.0 Å². The van der Waals surface area contributed by atoms with Gasteiger partial charge in [-0.15, -0.1) is 11.3 Å². The highest BCUT2D eigenvalue weighted by molar-refractivity contribution is 7.18. The molecule has 1 unspecified atom stereocenters. The maximum absolute atomic E-state index is 4.76. The second-order valence-corrected chi connectivity index (χ2v) is 7.08. The largest absolute Gasteiger partial charge is 0.312 e. The van der Waals surface area contributed by atoms with Crippen molar-refractivity contribution in [2.24, 2.45) is 5.92 Å². The van der Waals surface area contributed by atoms with Crippen LogP contribution in [0.2, 0.25) is 0 Å². The highest BCUT2D eigenvalue weighted by Gasteiger charge is 2.21. The topological polar surface area (TPSA) is 28.2 Å². The number of thiazole rings is 1. The molecule has 2 heterocycles. The van der Waals surface area contributed by atoms with Crippen LogP contribution in [0.15, 0.2) is 24.3 Å². The molecule has 0 amide bonds. The first-order valence-electron chi connectivity index (χ1n) is 7.52. The molecule has 3 rings (SSSR count). The number of aromatic nitrogens is 1. The molecule has 1 saturated heterocycles. The van der Waals surface area contributed by atoms with Crippen molar-refractivity contribution in [2.45, 2.75) is 32.9 Å². The van der Waals surface area contributed by atoms with Crippen LogP contribution in [-0.2, 0) is 6.54 Å². The van der Waals surface area contributed by atoms with E-state index in [1.54, 1.807) is 0 Å². The van der Waals surface area contributed by atoms with Gasteiger partial charge in [0, 0.05) is 12.6 Å². The molecule has 4 heteroatoms. The van der Waals surface area contributed by atoms with Crippen molar-refractivity contribution in [3.63, 3.8) is 0 Å². The molecule has 20 heavy (non-hydrogen) atoms. The van der Waals surface area contributed by atoms with Gasteiger partial charge >= 0.3 is 0 Å². The molecule has 1 aromatic heterocycles. The lowest BCUT2D eigenvalue weighted by molar-refractivity contribution is 0.238. The van der Waals surface area contributed by atoms with Crippen LogP contribution in [-0.4, -0.2) is 35.6 Å². The van der Waals surface area contributed by atoms with Gasteiger partial charge in [0.25, 0.3) is 0 Å². The number of hydrogen-bond acceptors (Lipinski definition) is 4. The first-order valence-corrected chi connectivity index (χ1v) is 8.34. The molecule has 1 fully saturated rings. The molecule has 1 N–H and O–H groups in total. The average molecular weight is 289 g/mol. The van der Waals surface area contributed by atoms with Crippen molar-refractivity contribution >= 4 is 21.6 Å². The molecular formula is C16H23N3S. The second-order valence-electron chi connectivity index (χ2n) is 5.97. The summed E-state index contributed by atoms with van der Waals surface area (Å²) in [5.74, 6) is 0.686. The fraction of sp³-hybridized carbons (Fsp3) is 0.562. The summed E-state index contributed by atoms with van der Waals surface area (Å²) in [6.07, 6.45) is 1.23. The summed E-state index contributed by atoms with van der Waals surface area (Å²) in [4.78, 5) is 7.32. The molecule has 1 aliphatic rings. The minimum absolute atomic E-state index is 0.604. The second kappa shape index (κ2) is 6.20. The van der Waals surface area contributed by atoms with Crippen LogP contribution in [0.1, 0.15) is 25.3 Å². The summed E-state index contributed by atoms with van der Waals surface area (Å²) in [7, 11) is 0. The summed E-state index contributed by atoms with van der Waals surface area (Å²) < 4.78 is 1.30. The molecule has 3 nitrogen and oxygen atoms in total. The van der Waals surface area contributed by atoms with Crippen molar-refractivity contribution < 1.29 is 0 Å². The average Bonchev–Trinajstić information content (AvgIpc) is 2.68. The molecule has 0 spiro atoms. The van der Waals surface area contributed by atoms with E-state index in [4.69, 9.17) is 4.98 Å². The summed E-state index contributed by atoms with van der Waals surface area (Å²) >= 11 is 1.83. The Morgan fingerprint density at radius 1 is 1.40 bits per heavy atom. The zero-order valence-electron chi connectivity index (χ0n) is 12.3. The van der Waals surface area contributed by atoms with Crippen LogP contribution in [0.25, 0.3) is 10.2 Å². The molecule has 0 saturated carbocycles. The van der Waals surface area contributed by atoms with Gasteiger partial charge in [-0.2, -0.15) is 0 Å². The molecule has 0 aliphatic carbocycles. The Kier molecular flexibility index (Phi) is 4.34. The lowest BCUT2D eigenvalue weighted by Crippen LogP contribution is -2.40. The number of nitrogens with one attached hydrogen (secondary N) is 1. The third-order valence-electron chi connectivity index (χ3n) is 4.01. The van der Waals surface area contributed by atoms with E-state index in [9.17, 15) is 0 Å². The predicted molar refractivity (Wildman–Crippen MR) is 86.1 cm³/mol. The zero-order valence-corrected chi connectivity index (χ0v) is 13.1. The molecule has 0 bridgehead atoms. The highest BCUT2D eigenvalue weighted by Crippen LogP contribution is 2.23. The number of para-hydroxylation sites is 1. The smallest absolute Gasteiger partial charge is 0.108 e. The van der Waals surface area contributed by atoms with Gasteiger partial charge in [0.1, 0.15) is 5.01 Å². The van der Waals surface area contributed by atoms with Crippen LogP contribution >= 0.6 is 11.3 Å². The summed E-state index contributed by atoms with van der Waals surface area (Å²) in [5.41, 5.74) is 1.14.